The van der Waals surface area contributed by atoms with Crippen LogP contribution in [0, 0.1) is 0 Å². The number of carbonyl (C=O) groups is 1. The lowest BCUT2D eigenvalue weighted by atomic mass is 10.1. The Morgan fingerprint density at radius 2 is 2.09 bits per heavy atom. The zero-order valence-electron chi connectivity index (χ0n) is 12.4. The molecule has 0 unspecified atom stereocenters. The van der Waals surface area contributed by atoms with Crippen molar-refractivity contribution in [2.45, 2.75) is 18.6 Å². The van der Waals surface area contributed by atoms with E-state index in [1.807, 2.05) is 23.7 Å². The SMILES string of the molecule is CCn1cc(-c2nnc(SCC(=O)O)n2C)c2ccccc21. The van der Waals surface area contributed by atoms with E-state index in [2.05, 4.69) is 40.0 Å². The summed E-state index contributed by atoms with van der Waals surface area (Å²) in [5, 5.41) is 18.9. The molecule has 0 aliphatic carbocycles. The van der Waals surface area contributed by atoms with E-state index in [1.165, 1.54) is 11.8 Å². The summed E-state index contributed by atoms with van der Waals surface area (Å²) in [6.45, 7) is 2.97. The third kappa shape index (κ3) is 2.48. The smallest absolute Gasteiger partial charge is 0.313 e. The van der Waals surface area contributed by atoms with Crippen molar-refractivity contribution < 1.29 is 9.90 Å². The van der Waals surface area contributed by atoms with Gasteiger partial charge in [-0.1, -0.05) is 30.0 Å². The first kappa shape index (κ1) is 14.6. The molecule has 1 N–H and O–H groups in total. The number of aromatic nitrogens is 4. The molecule has 0 aliphatic rings. The predicted molar refractivity (Wildman–Crippen MR) is 86.0 cm³/mol. The fourth-order valence-electron chi connectivity index (χ4n) is 2.49. The van der Waals surface area contributed by atoms with E-state index in [9.17, 15) is 4.79 Å². The molecule has 22 heavy (non-hydrogen) atoms. The quantitative estimate of drug-likeness (QED) is 0.733. The molecule has 0 saturated carbocycles. The van der Waals surface area contributed by atoms with Gasteiger partial charge in [-0.15, -0.1) is 10.2 Å². The van der Waals surface area contributed by atoms with E-state index < -0.39 is 5.97 Å². The minimum absolute atomic E-state index is 0.0251. The molecule has 0 radical (unpaired) electrons. The Bertz CT molecular complexity index is 837. The minimum Gasteiger partial charge on any atom is -0.481 e. The summed E-state index contributed by atoms with van der Waals surface area (Å²) in [4.78, 5) is 10.7. The van der Waals surface area contributed by atoms with Crippen LogP contribution in [0.3, 0.4) is 0 Å². The summed E-state index contributed by atoms with van der Waals surface area (Å²) < 4.78 is 4.01. The summed E-state index contributed by atoms with van der Waals surface area (Å²) in [5.41, 5.74) is 2.16. The summed E-state index contributed by atoms with van der Waals surface area (Å²) in [6.07, 6.45) is 2.07. The van der Waals surface area contributed by atoms with Gasteiger partial charge in [-0.2, -0.15) is 0 Å². The van der Waals surface area contributed by atoms with Gasteiger partial charge in [0.2, 0.25) is 0 Å². The van der Waals surface area contributed by atoms with Gasteiger partial charge in [-0.05, 0) is 13.0 Å². The molecule has 0 atom stereocenters. The van der Waals surface area contributed by atoms with Crippen molar-refractivity contribution in [1.29, 1.82) is 0 Å². The number of rotatable bonds is 5. The molecule has 0 saturated heterocycles. The Morgan fingerprint density at radius 3 is 2.82 bits per heavy atom. The molecular weight excluding hydrogens is 300 g/mol. The number of aliphatic carboxylic acids is 1. The van der Waals surface area contributed by atoms with Gasteiger partial charge >= 0.3 is 5.97 Å². The first-order valence-electron chi connectivity index (χ1n) is 6.94. The standard InChI is InChI=1S/C15H16N4O2S/c1-3-19-8-11(10-6-4-5-7-12(10)19)14-16-17-15(18(14)2)22-9-13(20)21/h4-8H,3,9H2,1-2H3,(H,20,21). The molecule has 0 aliphatic heterocycles. The average Bonchev–Trinajstić information content (AvgIpc) is 3.05. The average molecular weight is 316 g/mol. The molecule has 6 nitrogen and oxygen atoms in total. The Balaban J connectivity index is 2.07. The van der Waals surface area contributed by atoms with E-state index in [1.54, 1.807) is 0 Å². The maximum Gasteiger partial charge on any atom is 0.313 e. The molecule has 0 spiro atoms. The number of carboxylic acid groups (broad SMARTS) is 1. The molecule has 0 bridgehead atoms. The van der Waals surface area contributed by atoms with E-state index >= 15 is 0 Å². The largest absolute Gasteiger partial charge is 0.481 e. The van der Waals surface area contributed by atoms with E-state index in [0.29, 0.717) is 5.16 Å². The number of para-hydroxylation sites is 1. The lowest BCUT2D eigenvalue weighted by molar-refractivity contribution is -0.133. The van der Waals surface area contributed by atoms with Crippen molar-refractivity contribution in [1.82, 2.24) is 19.3 Å². The first-order chi connectivity index (χ1) is 10.6. The fraction of sp³-hybridized carbons (Fsp3) is 0.267. The monoisotopic (exact) mass is 316 g/mol. The van der Waals surface area contributed by atoms with Gasteiger partial charge in [0.1, 0.15) is 0 Å². The van der Waals surface area contributed by atoms with Crippen LogP contribution in [0.1, 0.15) is 6.92 Å². The van der Waals surface area contributed by atoms with Crippen LogP contribution in [-0.2, 0) is 18.4 Å². The number of fused-ring (bicyclic) bond motifs is 1. The topological polar surface area (TPSA) is 72.9 Å². The van der Waals surface area contributed by atoms with Crippen LogP contribution >= 0.6 is 11.8 Å². The van der Waals surface area contributed by atoms with Gasteiger partial charge < -0.3 is 14.2 Å². The Hall–Kier alpha value is -2.28. The van der Waals surface area contributed by atoms with Crippen molar-refractivity contribution in [2.24, 2.45) is 7.05 Å². The minimum atomic E-state index is -0.864. The summed E-state index contributed by atoms with van der Waals surface area (Å²) >= 11 is 1.17. The van der Waals surface area contributed by atoms with Gasteiger partial charge in [0.25, 0.3) is 0 Å². The number of nitrogens with zero attached hydrogens (tertiary/aromatic N) is 4. The molecule has 2 aromatic heterocycles. The van der Waals surface area contributed by atoms with Crippen LogP contribution in [0.25, 0.3) is 22.3 Å². The highest BCUT2D eigenvalue weighted by molar-refractivity contribution is 7.99. The maximum atomic E-state index is 10.7. The zero-order chi connectivity index (χ0) is 15.7. The third-order valence-corrected chi connectivity index (χ3v) is 4.53. The maximum absolute atomic E-state index is 10.7. The Labute approximate surface area is 131 Å². The van der Waals surface area contributed by atoms with Crippen LogP contribution in [0.5, 0.6) is 0 Å². The number of aryl methyl sites for hydroxylation is 1. The van der Waals surface area contributed by atoms with Crippen molar-refractivity contribution in [2.75, 3.05) is 5.75 Å². The predicted octanol–water partition coefficient (Wildman–Crippen LogP) is 2.63. The summed E-state index contributed by atoms with van der Waals surface area (Å²) in [5.74, 6) is -0.142. The number of thioether (sulfide) groups is 1. The highest BCUT2D eigenvalue weighted by Gasteiger charge is 2.17. The first-order valence-corrected chi connectivity index (χ1v) is 7.92. The van der Waals surface area contributed by atoms with Crippen LogP contribution in [-0.4, -0.2) is 36.2 Å². The van der Waals surface area contributed by atoms with Gasteiger partial charge in [-0.25, -0.2) is 0 Å². The highest BCUT2D eigenvalue weighted by Crippen LogP contribution is 2.30. The third-order valence-electron chi connectivity index (χ3n) is 3.53. The number of benzene rings is 1. The molecule has 7 heteroatoms. The van der Waals surface area contributed by atoms with E-state index in [-0.39, 0.29) is 5.75 Å². The second-order valence-corrected chi connectivity index (χ2v) is 5.84. The highest BCUT2D eigenvalue weighted by atomic mass is 32.2. The van der Waals surface area contributed by atoms with Gasteiger partial charge in [-0.3, -0.25) is 4.79 Å². The molecule has 3 aromatic rings. The number of carboxylic acids is 1. The molecule has 3 rings (SSSR count). The van der Waals surface area contributed by atoms with Gasteiger partial charge in [0.05, 0.1) is 5.75 Å². The summed E-state index contributed by atoms with van der Waals surface area (Å²) in [6, 6.07) is 8.17. The number of hydrogen-bond donors (Lipinski definition) is 1. The molecule has 0 fully saturated rings. The number of hydrogen-bond acceptors (Lipinski definition) is 4. The molecule has 114 valence electrons. The Kier molecular flexibility index (Phi) is 3.89. The normalized spacial score (nSPS) is 11.2. The molecular formula is C15H16N4O2S. The van der Waals surface area contributed by atoms with Crippen molar-refractivity contribution >= 4 is 28.6 Å². The Morgan fingerprint density at radius 1 is 1.32 bits per heavy atom. The van der Waals surface area contributed by atoms with Gasteiger partial charge in [0, 0.05) is 36.3 Å². The van der Waals surface area contributed by atoms with Crippen LogP contribution in [0.4, 0.5) is 0 Å². The van der Waals surface area contributed by atoms with Crippen LogP contribution in [0.15, 0.2) is 35.6 Å². The molecule has 1 aromatic carbocycles. The molecule has 0 amide bonds. The zero-order valence-corrected chi connectivity index (χ0v) is 13.2. The second kappa shape index (κ2) is 5.84. The molecule has 2 heterocycles. The van der Waals surface area contributed by atoms with Crippen molar-refractivity contribution in [3.63, 3.8) is 0 Å². The summed E-state index contributed by atoms with van der Waals surface area (Å²) in [7, 11) is 1.86. The second-order valence-electron chi connectivity index (χ2n) is 4.89. The lowest BCUT2D eigenvalue weighted by Gasteiger charge is -2.01. The van der Waals surface area contributed by atoms with Crippen LogP contribution < -0.4 is 0 Å². The van der Waals surface area contributed by atoms with Crippen molar-refractivity contribution in [3.05, 3.63) is 30.5 Å². The van der Waals surface area contributed by atoms with Gasteiger partial charge in [0.15, 0.2) is 11.0 Å². The van der Waals surface area contributed by atoms with Crippen LogP contribution in [0.2, 0.25) is 0 Å². The van der Waals surface area contributed by atoms with E-state index in [0.717, 1.165) is 28.8 Å². The van der Waals surface area contributed by atoms with E-state index in [4.69, 9.17) is 5.11 Å². The van der Waals surface area contributed by atoms with Crippen molar-refractivity contribution in [3.8, 4) is 11.4 Å². The lowest BCUT2D eigenvalue weighted by Crippen LogP contribution is -2.00. The fourth-order valence-corrected chi connectivity index (χ4v) is 3.12.